The molecule has 5 heteroatoms. The van der Waals surface area contributed by atoms with E-state index in [4.69, 9.17) is 0 Å². The topological polar surface area (TPSA) is 84.2 Å². The number of nitrogens with zero attached hydrogens (tertiary/aromatic N) is 1. The highest BCUT2D eigenvalue weighted by Gasteiger charge is 2.49. The van der Waals surface area contributed by atoms with Crippen LogP contribution in [-0.2, 0) is 0 Å². The van der Waals surface area contributed by atoms with Crippen LogP contribution in [0, 0.1) is 0 Å². The van der Waals surface area contributed by atoms with Crippen LogP contribution in [0.15, 0.2) is 0 Å². The summed E-state index contributed by atoms with van der Waals surface area (Å²) >= 11 is 0. The monoisotopic (exact) mass is 231 g/mol. The fraction of sp³-hybridized carbons (Fsp3) is 1.00. The Labute approximate surface area is 95.3 Å². The number of rotatable bonds is 2. The molecule has 1 heterocycles. The van der Waals surface area contributed by atoms with Gasteiger partial charge in [-0.3, -0.25) is 4.90 Å². The second kappa shape index (κ2) is 4.98. The van der Waals surface area contributed by atoms with E-state index in [1.54, 1.807) is 4.90 Å². The molecular weight excluding hydrogens is 210 g/mol. The summed E-state index contributed by atoms with van der Waals surface area (Å²) in [5, 5.41) is 38.5. The third kappa shape index (κ3) is 1.98. The predicted octanol–water partition coefficient (Wildman–Crippen LogP) is -0.964. The maximum Gasteiger partial charge on any atom is 0.136 e. The molecule has 0 aromatic rings. The van der Waals surface area contributed by atoms with Crippen molar-refractivity contribution in [3.8, 4) is 0 Å². The molecule has 0 radical (unpaired) electrons. The molecule has 1 aliphatic carbocycles. The molecule has 1 saturated carbocycles. The van der Waals surface area contributed by atoms with Gasteiger partial charge < -0.3 is 20.4 Å². The van der Waals surface area contributed by atoms with E-state index in [2.05, 4.69) is 0 Å². The van der Waals surface area contributed by atoms with Crippen molar-refractivity contribution in [2.75, 3.05) is 6.61 Å². The van der Waals surface area contributed by atoms with Gasteiger partial charge in [0.1, 0.15) is 18.4 Å². The van der Waals surface area contributed by atoms with Crippen LogP contribution in [0.3, 0.4) is 0 Å². The molecule has 3 unspecified atom stereocenters. The van der Waals surface area contributed by atoms with Gasteiger partial charge in [-0.1, -0.05) is 19.3 Å². The van der Waals surface area contributed by atoms with Crippen molar-refractivity contribution in [1.82, 2.24) is 4.90 Å². The van der Waals surface area contributed by atoms with E-state index in [-0.39, 0.29) is 12.6 Å². The highest BCUT2D eigenvalue weighted by atomic mass is 16.4. The van der Waals surface area contributed by atoms with E-state index in [1.807, 2.05) is 0 Å². The molecule has 0 spiro atoms. The number of aliphatic hydroxyl groups excluding tert-OH is 4. The summed E-state index contributed by atoms with van der Waals surface area (Å²) in [6.45, 7) is -0.230. The molecule has 2 fully saturated rings. The Morgan fingerprint density at radius 3 is 2.12 bits per heavy atom. The van der Waals surface area contributed by atoms with Crippen LogP contribution in [0.1, 0.15) is 32.1 Å². The van der Waals surface area contributed by atoms with Gasteiger partial charge in [0, 0.05) is 6.04 Å². The summed E-state index contributed by atoms with van der Waals surface area (Å²) in [5.74, 6) is 0. The zero-order chi connectivity index (χ0) is 11.7. The molecule has 1 aliphatic heterocycles. The maximum atomic E-state index is 9.89. The van der Waals surface area contributed by atoms with E-state index in [0.29, 0.717) is 0 Å². The molecule has 4 N–H and O–H groups in total. The van der Waals surface area contributed by atoms with Crippen LogP contribution in [0.2, 0.25) is 0 Å². The Kier molecular flexibility index (Phi) is 3.81. The zero-order valence-electron chi connectivity index (χ0n) is 9.37. The lowest BCUT2D eigenvalue weighted by Gasteiger charge is -2.36. The molecule has 16 heavy (non-hydrogen) atoms. The highest BCUT2D eigenvalue weighted by molar-refractivity contribution is 4.99. The Bertz CT molecular complexity index is 232. The molecule has 4 atom stereocenters. The smallest absolute Gasteiger partial charge is 0.136 e. The Morgan fingerprint density at radius 1 is 0.938 bits per heavy atom. The Hall–Kier alpha value is -0.200. The molecule has 2 rings (SSSR count). The van der Waals surface area contributed by atoms with Crippen LogP contribution < -0.4 is 0 Å². The van der Waals surface area contributed by atoms with Gasteiger partial charge in [-0.2, -0.15) is 0 Å². The fourth-order valence-electron chi connectivity index (χ4n) is 3.02. The summed E-state index contributed by atoms with van der Waals surface area (Å²) in [6.07, 6.45) is 2.09. The standard InChI is InChI=1S/C11H21NO4/c13-6-8-9(14)10(15)11(16)12(8)7-4-2-1-3-5-7/h7-11,13-16H,1-6H2/t8?,9-,10?,11?/m1/s1. The highest BCUT2D eigenvalue weighted by Crippen LogP contribution is 2.32. The molecule has 0 aromatic carbocycles. The Morgan fingerprint density at radius 2 is 1.56 bits per heavy atom. The van der Waals surface area contributed by atoms with Gasteiger partial charge in [0.25, 0.3) is 0 Å². The lowest BCUT2D eigenvalue weighted by atomic mass is 9.93. The third-order valence-electron chi connectivity index (χ3n) is 3.92. The van der Waals surface area contributed by atoms with Gasteiger partial charge >= 0.3 is 0 Å². The SMILES string of the molecule is OCC1[C@@H](O)C(O)C(O)N1C1CCCCC1. The minimum Gasteiger partial charge on any atom is -0.395 e. The summed E-state index contributed by atoms with van der Waals surface area (Å²) in [5.41, 5.74) is 0. The van der Waals surface area contributed by atoms with Gasteiger partial charge in [-0.15, -0.1) is 0 Å². The molecular formula is C11H21NO4. The van der Waals surface area contributed by atoms with Crippen molar-refractivity contribution in [3.05, 3.63) is 0 Å². The molecule has 1 saturated heterocycles. The minimum absolute atomic E-state index is 0.174. The van der Waals surface area contributed by atoms with Gasteiger partial charge in [-0.05, 0) is 12.8 Å². The van der Waals surface area contributed by atoms with E-state index in [9.17, 15) is 20.4 Å². The molecule has 0 amide bonds. The minimum atomic E-state index is -1.17. The van der Waals surface area contributed by atoms with Crippen molar-refractivity contribution < 1.29 is 20.4 Å². The van der Waals surface area contributed by atoms with E-state index < -0.39 is 24.5 Å². The number of aliphatic hydroxyl groups is 4. The summed E-state index contributed by atoms with van der Waals surface area (Å²) in [4.78, 5) is 1.70. The number of hydrogen-bond donors (Lipinski definition) is 4. The average molecular weight is 231 g/mol. The first kappa shape index (κ1) is 12.3. The quantitative estimate of drug-likeness (QED) is 0.492. The van der Waals surface area contributed by atoms with E-state index in [1.165, 1.54) is 6.42 Å². The van der Waals surface area contributed by atoms with Gasteiger partial charge in [-0.25, -0.2) is 0 Å². The molecule has 2 aliphatic rings. The fourth-order valence-corrected chi connectivity index (χ4v) is 3.02. The van der Waals surface area contributed by atoms with Crippen molar-refractivity contribution >= 4 is 0 Å². The second-order valence-electron chi connectivity index (χ2n) is 4.88. The average Bonchev–Trinajstić information content (AvgIpc) is 2.54. The van der Waals surface area contributed by atoms with Crippen LogP contribution in [-0.4, -0.2) is 62.5 Å². The van der Waals surface area contributed by atoms with Crippen molar-refractivity contribution in [2.45, 2.75) is 62.6 Å². The third-order valence-corrected chi connectivity index (χ3v) is 3.92. The lowest BCUT2D eigenvalue weighted by Crippen LogP contribution is -2.48. The first-order chi connectivity index (χ1) is 7.66. The molecule has 0 bridgehead atoms. The number of hydrogen-bond acceptors (Lipinski definition) is 5. The molecule has 0 aromatic heterocycles. The summed E-state index contributed by atoms with van der Waals surface area (Å²) < 4.78 is 0. The maximum absolute atomic E-state index is 9.89. The predicted molar refractivity (Wildman–Crippen MR) is 57.6 cm³/mol. The molecule has 94 valence electrons. The lowest BCUT2D eigenvalue weighted by molar-refractivity contribution is -0.0767. The second-order valence-corrected chi connectivity index (χ2v) is 4.88. The van der Waals surface area contributed by atoms with Crippen molar-refractivity contribution in [2.24, 2.45) is 0 Å². The summed E-state index contributed by atoms with van der Waals surface area (Å²) in [6, 6.07) is -0.360. The van der Waals surface area contributed by atoms with Crippen LogP contribution in [0.5, 0.6) is 0 Å². The molecule has 5 nitrogen and oxygen atoms in total. The summed E-state index contributed by atoms with van der Waals surface area (Å²) in [7, 11) is 0. The largest absolute Gasteiger partial charge is 0.395 e. The normalized spacial score (nSPS) is 42.8. The van der Waals surface area contributed by atoms with E-state index in [0.717, 1.165) is 25.7 Å². The first-order valence-corrected chi connectivity index (χ1v) is 6.09. The first-order valence-electron chi connectivity index (χ1n) is 6.09. The van der Waals surface area contributed by atoms with Gasteiger partial charge in [0.2, 0.25) is 0 Å². The van der Waals surface area contributed by atoms with E-state index >= 15 is 0 Å². The van der Waals surface area contributed by atoms with Crippen LogP contribution in [0.25, 0.3) is 0 Å². The van der Waals surface area contributed by atoms with Crippen LogP contribution in [0.4, 0.5) is 0 Å². The van der Waals surface area contributed by atoms with Crippen molar-refractivity contribution in [3.63, 3.8) is 0 Å². The van der Waals surface area contributed by atoms with Gasteiger partial charge in [0.05, 0.1) is 12.6 Å². The van der Waals surface area contributed by atoms with Crippen molar-refractivity contribution in [1.29, 1.82) is 0 Å². The van der Waals surface area contributed by atoms with Gasteiger partial charge in [0.15, 0.2) is 0 Å². The van der Waals surface area contributed by atoms with Crippen LogP contribution >= 0.6 is 0 Å². The Balaban J connectivity index is 2.10. The number of likely N-dealkylation sites (tertiary alicyclic amines) is 1. The zero-order valence-corrected chi connectivity index (χ0v) is 9.37.